The largest absolute Gasteiger partial charge is 0.496 e. The molecule has 0 spiro atoms. The number of methoxy groups -OCH3 is 1. The van der Waals surface area contributed by atoms with Crippen LogP contribution < -0.4 is 16.2 Å². The summed E-state index contributed by atoms with van der Waals surface area (Å²) >= 11 is 0. The molecule has 0 saturated heterocycles. The first-order valence-corrected chi connectivity index (χ1v) is 5.34. The van der Waals surface area contributed by atoms with Gasteiger partial charge in [-0.3, -0.25) is 4.98 Å². The molecule has 2 aromatic rings. The summed E-state index contributed by atoms with van der Waals surface area (Å²) in [4.78, 5) is 4.34. The Kier molecular flexibility index (Phi) is 3.25. The van der Waals surface area contributed by atoms with Gasteiger partial charge in [0.05, 0.1) is 18.5 Å². The molecule has 0 unspecified atom stereocenters. The topological polar surface area (TPSA) is 74.2 Å². The van der Waals surface area contributed by atoms with E-state index >= 15 is 0 Å². The maximum Gasteiger partial charge on any atom is 0.128 e. The highest BCUT2D eigenvalue weighted by molar-refractivity contribution is 5.77. The molecule has 0 atom stereocenters. The third kappa shape index (κ3) is 2.21. The van der Waals surface area contributed by atoms with E-state index in [1.807, 2.05) is 30.3 Å². The molecular weight excluding hydrogens is 214 g/mol. The number of nitrogen functional groups attached to an aromatic ring is 1. The van der Waals surface area contributed by atoms with Crippen molar-refractivity contribution in [1.29, 1.82) is 0 Å². The summed E-state index contributed by atoms with van der Waals surface area (Å²) in [7, 11) is 1.63. The van der Waals surface area contributed by atoms with Crippen molar-refractivity contribution in [1.82, 2.24) is 4.98 Å². The zero-order valence-corrected chi connectivity index (χ0v) is 9.68. The Morgan fingerprint density at radius 2 is 2.06 bits per heavy atom. The van der Waals surface area contributed by atoms with Crippen molar-refractivity contribution >= 4 is 5.69 Å². The number of benzene rings is 1. The molecule has 0 bridgehead atoms. The molecule has 4 nitrogen and oxygen atoms in total. The summed E-state index contributed by atoms with van der Waals surface area (Å²) in [5.74, 6) is 0.757. The lowest BCUT2D eigenvalue weighted by molar-refractivity contribution is 0.416. The number of nitrogens with zero attached hydrogens (tertiary/aromatic N) is 1. The fourth-order valence-corrected chi connectivity index (χ4v) is 1.70. The maximum atomic E-state index is 5.98. The minimum Gasteiger partial charge on any atom is -0.496 e. The third-order valence-corrected chi connectivity index (χ3v) is 2.57. The molecule has 1 aromatic carbocycles. The van der Waals surface area contributed by atoms with Crippen LogP contribution in [0.3, 0.4) is 0 Å². The summed E-state index contributed by atoms with van der Waals surface area (Å²) in [5.41, 5.74) is 14.7. The first-order chi connectivity index (χ1) is 8.26. The molecule has 0 aliphatic carbocycles. The highest BCUT2D eigenvalue weighted by atomic mass is 16.5. The number of nitrogens with two attached hydrogens (primary N) is 2. The van der Waals surface area contributed by atoms with Gasteiger partial charge in [0, 0.05) is 18.3 Å². The summed E-state index contributed by atoms with van der Waals surface area (Å²) in [6.07, 6.45) is 1.73. The Balaban J connectivity index is 2.53. The van der Waals surface area contributed by atoms with E-state index in [1.54, 1.807) is 13.3 Å². The lowest BCUT2D eigenvalue weighted by Gasteiger charge is -2.10. The number of para-hydroxylation sites is 1. The molecule has 0 radical (unpaired) electrons. The van der Waals surface area contributed by atoms with Crippen LogP contribution in [-0.2, 0) is 6.54 Å². The minimum absolute atomic E-state index is 0.434. The Hall–Kier alpha value is -2.07. The number of anilines is 1. The van der Waals surface area contributed by atoms with E-state index in [1.165, 1.54) is 0 Å². The van der Waals surface area contributed by atoms with Crippen LogP contribution in [0.5, 0.6) is 5.75 Å². The fourth-order valence-electron chi connectivity index (χ4n) is 1.70. The SMILES string of the molecule is COc1ccccc1-c1ncc(CN)cc1N. The van der Waals surface area contributed by atoms with Crippen molar-refractivity contribution in [3.8, 4) is 17.0 Å². The second kappa shape index (κ2) is 4.84. The minimum atomic E-state index is 0.434. The molecule has 4 heteroatoms. The molecule has 88 valence electrons. The van der Waals surface area contributed by atoms with Gasteiger partial charge in [-0.2, -0.15) is 0 Å². The lowest BCUT2D eigenvalue weighted by atomic mass is 10.1. The Labute approximate surface area is 100 Å². The zero-order valence-electron chi connectivity index (χ0n) is 9.68. The number of hydrogen-bond acceptors (Lipinski definition) is 4. The van der Waals surface area contributed by atoms with Crippen molar-refractivity contribution in [3.63, 3.8) is 0 Å². The zero-order chi connectivity index (χ0) is 12.3. The summed E-state index contributed by atoms with van der Waals surface area (Å²) in [6.45, 7) is 0.434. The average molecular weight is 229 g/mol. The first kappa shape index (κ1) is 11.4. The van der Waals surface area contributed by atoms with Crippen LogP contribution in [0.2, 0.25) is 0 Å². The smallest absolute Gasteiger partial charge is 0.128 e. The standard InChI is InChI=1S/C13H15N3O/c1-17-12-5-3-2-4-10(12)13-11(15)6-9(7-14)8-16-13/h2-6,8H,7,14-15H2,1H3. The van der Waals surface area contributed by atoms with Gasteiger partial charge in [-0.25, -0.2) is 0 Å². The van der Waals surface area contributed by atoms with Gasteiger partial charge < -0.3 is 16.2 Å². The molecule has 0 saturated carbocycles. The average Bonchev–Trinajstić information content (AvgIpc) is 2.38. The normalized spacial score (nSPS) is 10.2. The van der Waals surface area contributed by atoms with E-state index in [4.69, 9.17) is 16.2 Å². The second-order valence-electron chi connectivity index (χ2n) is 3.69. The van der Waals surface area contributed by atoms with Crippen molar-refractivity contribution in [2.24, 2.45) is 5.73 Å². The van der Waals surface area contributed by atoms with Gasteiger partial charge in [0.2, 0.25) is 0 Å². The van der Waals surface area contributed by atoms with Gasteiger partial charge in [0.15, 0.2) is 0 Å². The third-order valence-electron chi connectivity index (χ3n) is 2.57. The van der Waals surface area contributed by atoms with Gasteiger partial charge in [-0.05, 0) is 23.8 Å². The molecule has 0 amide bonds. The number of rotatable bonds is 3. The van der Waals surface area contributed by atoms with E-state index in [9.17, 15) is 0 Å². The quantitative estimate of drug-likeness (QED) is 0.841. The van der Waals surface area contributed by atoms with Gasteiger partial charge in [-0.1, -0.05) is 12.1 Å². The Bertz CT molecular complexity index is 526. The van der Waals surface area contributed by atoms with Crippen LogP contribution in [0.1, 0.15) is 5.56 Å². The molecule has 17 heavy (non-hydrogen) atoms. The van der Waals surface area contributed by atoms with Crippen molar-refractivity contribution in [2.45, 2.75) is 6.54 Å². The molecule has 0 fully saturated rings. The number of aromatic nitrogens is 1. The summed E-state index contributed by atoms with van der Waals surface area (Å²) in [5, 5.41) is 0. The van der Waals surface area contributed by atoms with Crippen LogP contribution in [0, 0.1) is 0 Å². The molecule has 4 N–H and O–H groups in total. The maximum absolute atomic E-state index is 5.98. The van der Waals surface area contributed by atoms with E-state index < -0.39 is 0 Å². The van der Waals surface area contributed by atoms with Crippen LogP contribution in [0.4, 0.5) is 5.69 Å². The van der Waals surface area contributed by atoms with Gasteiger partial charge >= 0.3 is 0 Å². The predicted octanol–water partition coefficient (Wildman–Crippen LogP) is 1.80. The number of pyridine rings is 1. The molecule has 1 heterocycles. The number of ether oxygens (including phenoxy) is 1. The number of hydrogen-bond donors (Lipinski definition) is 2. The second-order valence-corrected chi connectivity index (χ2v) is 3.69. The lowest BCUT2D eigenvalue weighted by Crippen LogP contribution is -2.01. The monoisotopic (exact) mass is 229 g/mol. The van der Waals surface area contributed by atoms with Crippen LogP contribution in [0.15, 0.2) is 36.5 Å². The summed E-state index contributed by atoms with van der Waals surface area (Å²) in [6, 6.07) is 9.49. The van der Waals surface area contributed by atoms with E-state index in [-0.39, 0.29) is 0 Å². The molecule has 2 rings (SSSR count). The van der Waals surface area contributed by atoms with E-state index in [0.29, 0.717) is 12.2 Å². The first-order valence-electron chi connectivity index (χ1n) is 5.34. The van der Waals surface area contributed by atoms with Gasteiger partial charge in [0.25, 0.3) is 0 Å². The molecule has 0 aliphatic heterocycles. The summed E-state index contributed by atoms with van der Waals surface area (Å²) < 4.78 is 5.29. The predicted molar refractivity (Wildman–Crippen MR) is 68.5 cm³/mol. The van der Waals surface area contributed by atoms with Crippen LogP contribution in [-0.4, -0.2) is 12.1 Å². The van der Waals surface area contributed by atoms with Crippen LogP contribution >= 0.6 is 0 Å². The highest BCUT2D eigenvalue weighted by Crippen LogP contribution is 2.31. The Morgan fingerprint density at radius 3 is 2.71 bits per heavy atom. The van der Waals surface area contributed by atoms with E-state index in [0.717, 1.165) is 22.6 Å². The molecule has 0 aliphatic rings. The Morgan fingerprint density at radius 1 is 1.29 bits per heavy atom. The molecule has 1 aromatic heterocycles. The molecular formula is C13H15N3O. The van der Waals surface area contributed by atoms with Gasteiger partial charge in [0.1, 0.15) is 5.75 Å². The van der Waals surface area contributed by atoms with Crippen molar-refractivity contribution in [3.05, 3.63) is 42.1 Å². The van der Waals surface area contributed by atoms with E-state index in [2.05, 4.69) is 4.98 Å². The van der Waals surface area contributed by atoms with Crippen LogP contribution in [0.25, 0.3) is 11.3 Å². The highest BCUT2D eigenvalue weighted by Gasteiger charge is 2.09. The fraction of sp³-hybridized carbons (Fsp3) is 0.154. The van der Waals surface area contributed by atoms with Crippen molar-refractivity contribution in [2.75, 3.05) is 12.8 Å². The van der Waals surface area contributed by atoms with Crippen molar-refractivity contribution < 1.29 is 4.74 Å². The van der Waals surface area contributed by atoms with Gasteiger partial charge in [-0.15, -0.1) is 0 Å².